The summed E-state index contributed by atoms with van der Waals surface area (Å²) in [5, 5.41) is 0.444. The van der Waals surface area contributed by atoms with E-state index in [0.29, 0.717) is 17.6 Å². The summed E-state index contributed by atoms with van der Waals surface area (Å²) < 4.78 is 4.85. The lowest BCUT2D eigenvalue weighted by atomic mass is 10.3. The largest absolute Gasteiger partial charge is 0.465 e. The molecule has 0 radical (unpaired) electrons. The Bertz CT molecular complexity index is 468. The summed E-state index contributed by atoms with van der Waals surface area (Å²) in [4.78, 5) is 19.7. The number of benzene rings is 1. The topological polar surface area (TPSA) is 77.0 Å². The van der Waals surface area contributed by atoms with Crippen molar-refractivity contribution < 1.29 is 9.53 Å². The van der Waals surface area contributed by atoms with Crippen LogP contribution in [0.2, 0.25) is 0 Å². The molecule has 0 saturated heterocycles. The van der Waals surface area contributed by atoms with E-state index >= 15 is 0 Å². The van der Waals surface area contributed by atoms with Crippen LogP contribution in [0.5, 0.6) is 0 Å². The molecule has 0 aromatic heterocycles. The van der Waals surface area contributed by atoms with Crippen LogP contribution >= 0.6 is 11.8 Å². The van der Waals surface area contributed by atoms with E-state index in [4.69, 9.17) is 10.5 Å². The van der Waals surface area contributed by atoms with Crippen molar-refractivity contribution in [3.63, 3.8) is 0 Å². The molecule has 0 amide bonds. The van der Waals surface area contributed by atoms with Gasteiger partial charge in [-0.05, 0) is 26.0 Å². The van der Waals surface area contributed by atoms with Gasteiger partial charge in [-0.15, -0.1) is 0 Å². The first-order valence-electron chi connectivity index (χ1n) is 5.84. The lowest BCUT2D eigenvalue weighted by Crippen LogP contribution is -2.11. The molecule has 0 aliphatic rings. The van der Waals surface area contributed by atoms with E-state index in [1.54, 1.807) is 13.8 Å². The van der Waals surface area contributed by atoms with Crippen molar-refractivity contribution in [2.45, 2.75) is 13.8 Å². The van der Waals surface area contributed by atoms with Crippen LogP contribution in [-0.4, -0.2) is 29.3 Å². The molecule has 0 heterocycles. The van der Waals surface area contributed by atoms with Crippen LogP contribution in [0.25, 0.3) is 0 Å². The molecule has 0 aliphatic heterocycles. The number of amidine groups is 2. The maximum atomic E-state index is 11.3. The Kier molecular flexibility index (Phi) is 6.67. The van der Waals surface area contributed by atoms with Gasteiger partial charge in [0.15, 0.2) is 5.17 Å². The molecular weight excluding hydrogens is 262 g/mol. The standard InChI is InChI=1S/C13H17N3O2S/c1-3-18-12(17)9-19-13(15-10(2)14)16-11-7-5-4-6-8-11/h4-8H,3,9H2,1-2H3,(H2,14,15,16). The highest BCUT2D eigenvalue weighted by Gasteiger charge is 2.06. The maximum Gasteiger partial charge on any atom is 0.316 e. The molecule has 0 fully saturated rings. The lowest BCUT2D eigenvalue weighted by Gasteiger charge is -2.03. The zero-order valence-corrected chi connectivity index (χ0v) is 11.8. The second-order valence-corrected chi connectivity index (χ2v) is 4.52. The van der Waals surface area contributed by atoms with Gasteiger partial charge in [-0.2, -0.15) is 0 Å². The van der Waals surface area contributed by atoms with E-state index in [-0.39, 0.29) is 11.7 Å². The van der Waals surface area contributed by atoms with Crippen molar-refractivity contribution in [1.29, 1.82) is 0 Å². The molecule has 0 aliphatic carbocycles. The van der Waals surface area contributed by atoms with Gasteiger partial charge in [-0.3, -0.25) is 4.79 Å². The Labute approximate surface area is 117 Å². The molecule has 0 unspecified atom stereocenters. The number of nitrogens with two attached hydrogens (primary N) is 1. The fourth-order valence-electron chi connectivity index (χ4n) is 1.18. The molecule has 19 heavy (non-hydrogen) atoms. The number of hydrogen-bond donors (Lipinski definition) is 1. The third-order valence-electron chi connectivity index (χ3n) is 1.88. The smallest absolute Gasteiger partial charge is 0.316 e. The Morgan fingerprint density at radius 1 is 1.37 bits per heavy atom. The molecular formula is C13H17N3O2S. The quantitative estimate of drug-likeness (QED) is 0.521. The van der Waals surface area contributed by atoms with Gasteiger partial charge in [-0.1, -0.05) is 30.0 Å². The first kappa shape index (κ1) is 15.2. The van der Waals surface area contributed by atoms with Crippen LogP contribution in [0.1, 0.15) is 13.8 Å². The van der Waals surface area contributed by atoms with Gasteiger partial charge in [-0.25, -0.2) is 9.98 Å². The number of nitrogens with zero attached hydrogens (tertiary/aromatic N) is 2. The Balaban J connectivity index is 2.76. The van der Waals surface area contributed by atoms with E-state index in [2.05, 4.69) is 9.98 Å². The van der Waals surface area contributed by atoms with Crippen molar-refractivity contribution in [3.8, 4) is 0 Å². The van der Waals surface area contributed by atoms with Crippen molar-refractivity contribution >= 4 is 34.4 Å². The number of aliphatic imine (C=N–C) groups is 2. The van der Waals surface area contributed by atoms with Crippen LogP contribution in [0.15, 0.2) is 40.3 Å². The zero-order valence-electron chi connectivity index (χ0n) is 11.0. The average Bonchev–Trinajstić information content (AvgIpc) is 2.37. The van der Waals surface area contributed by atoms with E-state index in [9.17, 15) is 4.79 Å². The summed E-state index contributed by atoms with van der Waals surface area (Å²) >= 11 is 1.20. The number of rotatable bonds is 4. The molecule has 1 aromatic carbocycles. The minimum atomic E-state index is -0.293. The number of esters is 1. The molecule has 6 heteroatoms. The van der Waals surface area contributed by atoms with Gasteiger partial charge in [0.05, 0.1) is 23.9 Å². The van der Waals surface area contributed by atoms with Crippen LogP contribution in [0, 0.1) is 0 Å². The van der Waals surface area contributed by atoms with Gasteiger partial charge < -0.3 is 10.5 Å². The molecule has 0 spiro atoms. The van der Waals surface area contributed by atoms with Crippen LogP contribution < -0.4 is 5.73 Å². The summed E-state index contributed by atoms with van der Waals surface area (Å²) in [6, 6.07) is 9.37. The fourth-order valence-corrected chi connectivity index (χ4v) is 1.89. The molecule has 0 bridgehead atoms. The monoisotopic (exact) mass is 279 g/mol. The van der Waals surface area contributed by atoms with Crippen LogP contribution in [0.4, 0.5) is 5.69 Å². The van der Waals surface area contributed by atoms with Crippen LogP contribution in [0.3, 0.4) is 0 Å². The van der Waals surface area contributed by atoms with E-state index in [0.717, 1.165) is 5.69 Å². The summed E-state index contributed by atoms with van der Waals surface area (Å²) in [5.41, 5.74) is 6.31. The number of ether oxygens (including phenoxy) is 1. The lowest BCUT2D eigenvalue weighted by molar-refractivity contribution is -0.139. The van der Waals surface area contributed by atoms with Crippen molar-refractivity contribution in [2.24, 2.45) is 15.7 Å². The normalized spacial score (nSPS) is 12.3. The fraction of sp³-hybridized carbons (Fsp3) is 0.308. The third-order valence-corrected chi connectivity index (χ3v) is 2.70. The second kappa shape index (κ2) is 8.31. The second-order valence-electron chi connectivity index (χ2n) is 3.58. The first-order valence-corrected chi connectivity index (χ1v) is 6.83. The molecule has 5 nitrogen and oxygen atoms in total. The summed E-state index contributed by atoms with van der Waals surface area (Å²) in [6.45, 7) is 3.80. The van der Waals surface area contributed by atoms with E-state index < -0.39 is 0 Å². The highest BCUT2D eigenvalue weighted by molar-refractivity contribution is 8.14. The SMILES string of the molecule is CCOC(=O)CSC(=Nc1ccccc1)/N=C(\C)N. The van der Waals surface area contributed by atoms with Gasteiger partial charge in [0.1, 0.15) is 0 Å². The molecule has 2 N–H and O–H groups in total. The van der Waals surface area contributed by atoms with Gasteiger partial charge in [0, 0.05) is 0 Å². The minimum Gasteiger partial charge on any atom is -0.465 e. The minimum absolute atomic E-state index is 0.163. The van der Waals surface area contributed by atoms with Crippen LogP contribution in [-0.2, 0) is 9.53 Å². The molecule has 0 saturated carbocycles. The Morgan fingerprint density at radius 2 is 2.05 bits per heavy atom. The van der Waals surface area contributed by atoms with Gasteiger partial charge in [0.25, 0.3) is 0 Å². The molecule has 0 atom stereocenters. The molecule has 1 rings (SSSR count). The van der Waals surface area contributed by atoms with Crippen molar-refractivity contribution in [2.75, 3.05) is 12.4 Å². The van der Waals surface area contributed by atoms with Crippen molar-refractivity contribution in [1.82, 2.24) is 0 Å². The van der Waals surface area contributed by atoms with E-state index in [1.165, 1.54) is 11.8 Å². The molecule has 1 aromatic rings. The maximum absolute atomic E-state index is 11.3. The van der Waals surface area contributed by atoms with E-state index in [1.807, 2.05) is 30.3 Å². The number of thioether (sulfide) groups is 1. The predicted octanol–water partition coefficient (Wildman–Crippen LogP) is 2.35. The van der Waals surface area contributed by atoms with Gasteiger partial charge in [0.2, 0.25) is 0 Å². The highest BCUT2D eigenvalue weighted by atomic mass is 32.2. The zero-order chi connectivity index (χ0) is 14.1. The Hall–Kier alpha value is -1.82. The number of carbonyl (C=O) groups excluding carboxylic acids is 1. The third kappa shape index (κ3) is 6.61. The first-order chi connectivity index (χ1) is 9.11. The number of para-hydroxylation sites is 1. The Morgan fingerprint density at radius 3 is 2.63 bits per heavy atom. The summed E-state index contributed by atoms with van der Waals surface area (Å²) in [6.07, 6.45) is 0. The predicted molar refractivity (Wildman–Crippen MR) is 79.9 cm³/mol. The summed E-state index contributed by atoms with van der Waals surface area (Å²) in [5.74, 6) is 0.264. The molecule has 102 valence electrons. The van der Waals surface area contributed by atoms with Gasteiger partial charge >= 0.3 is 5.97 Å². The average molecular weight is 279 g/mol. The van der Waals surface area contributed by atoms with Crippen molar-refractivity contribution in [3.05, 3.63) is 30.3 Å². The summed E-state index contributed by atoms with van der Waals surface area (Å²) in [7, 11) is 0. The highest BCUT2D eigenvalue weighted by Crippen LogP contribution is 2.16. The number of hydrogen-bond acceptors (Lipinski definition) is 4. The number of carbonyl (C=O) groups is 1.